The van der Waals surface area contributed by atoms with Crippen LogP contribution in [0.2, 0.25) is 0 Å². The van der Waals surface area contributed by atoms with E-state index in [0.717, 1.165) is 23.3 Å². The minimum absolute atomic E-state index is 0. The van der Waals surface area contributed by atoms with Gasteiger partial charge in [-0.1, -0.05) is 0 Å². The summed E-state index contributed by atoms with van der Waals surface area (Å²) in [5, 5.41) is 11.1. The molecule has 0 radical (unpaired) electrons. The second kappa shape index (κ2) is 6.25. The van der Waals surface area contributed by atoms with Crippen molar-refractivity contribution in [1.82, 2.24) is 25.0 Å². The molecule has 1 N–H and O–H groups in total. The molecule has 0 aromatic carbocycles. The van der Waals surface area contributed by atoms with Gasteiger partial charge in [0.1, 0.15) is 5.82 Å². The fraction of sp³-hybridized carbons (Fsp3) is 0.462. The van der Waals surface area contributed by atoms with Crippen LogP contribution in [0.1, 0.15) is 11.6 Å². The average molecular weight is 348 g/mol. The van der Waals surface area contributed by atoms with E-state index in [1.54, 1.807) is 0 Å². The zero-order valence-electron chi connectivity index (χ0n) is 12.5. The molecule has 1 aliphatic rings. The van der Waals surface area contributed by atoms with E-state index in [9.17, 15) is 13.6 Å². The predicted molar refractivity (Wildman–Crippen MR) is 79.3 cm³/mol. The quantitative estimate of drug-likeness (QED) is 0.904. The van der Waals surface area contributed by atoms with Gasteiger partial charge in [0.2, 0.25) is 0 Å². The van der Waals surface area contributed by atoms with Crippen LogP contribution >= 0.6 is 12.4 Å². The highest BCUT2D eigenvalue weighted by Gasteiger charge is 2.45. The maximum atomic E-state index is 14.1. The zero-order valence-corrected chi connectivity index (χ0v) is 13.4. The Morgan fingerprint density at radius 1 is 1.39 bits per heavy atom. The number of alkyl halides is 2. The van der Waals surface area contributed by atoms with Crippen molar-refractivity contribution >= 4 is 18.3 Å². The fourth-order valence-electron chi connectivity index (χ4n) is 2.29. The number of fused-ring (bicyclic) bond motifs is 1. The number of rotatable bonds is 3. The van der Waals surface area contributed by atoms with Crippen LogP contribution in [0.4, 0.5) is 8.78 Å². The number of likely N-dealkylation sites (N-methyl/N-ethyl adjacent to an activating group) is 1. The number of nitrogens with zero attached hydrogens (tertiary/aromatic N) is 4. The van der Waals surface area contributed by atoms with E-state index in [4.69, 9.17) is 4.42 Å². The van der Waals surface area contributed by atoms with Gasteiger partial charge >= 0.3 is 11.8 Å². The highest BCUT2D eigenvalue weighted by atomic mass is 35.5. The Labute approximate surface area is 137 Å². The molecule has 0 unspecified atom stereocenters. The second-order valence-corrected chi connectivity index (χ2v) is 5.21. The lowest BCUT2D eigenvalue weighted by molar-refractivity contribution is -0.158. The number of nitrogens with one attached hydrogen (secondary N) is 1. The zero-order chi connectivity index (χ0) is 15.9. The van der Waals surface area contributed by atoms with Gasteiger partial charge in [0.25, 0.3) is 0 Å². The summed E-state index contributed by atoms with van der Waals surface area (Å²) in [5.74, 6) is -4.48. The smallest absolute Gasteiger partial charge is 0.381 e. The molecule has 1 aliphatic heterocycles. The van der Waals surface area contributed by atoms with E-state index in [0.29, 0.717) is 18.9 Å². The number of hydrogen-bond donors (Lipinski definition) is 1. The third-order valence-corrected chi connectivity index (χ3v) is 3.43. The maximum Gasteiger partial charge on any atom is 0.381 e. The molecule has 3 heterocycles. The van der Waals surface area contributed by atoms with Crippen LogP contribution in [0.5, 0.6) is 0 Å². The number of hydrogen-bond acceptors (Lipinski definition) is 5. The SMILES string of the molecule is CN(C)C(=O)C(F)(F)c1ccc(-c2nnc3n2CCNC3)o1.Cl. The van der Waals surface area contributed by atoms with Gasteiger partial charge in [-0.05, 0) is 12.1 Å². The standard InChI is InChI=1S/C13H15F2N5O2.ClH/c1-19(2)12(21)13(14,15)9-4-3-8(22-9)11-18-17-10-7-16-5-6-20(10)11;/h3-4,16H,5-7H2,1-2H3;1H. The first-order valence-electron chi connectivity index (χ1n) is 6.74. The molecule has 0 atom stereocenters. The summed E-state index contributed by atoms with van der Waals surface area (Å²) in [6.45, 7) is 1.93. The normalized spacial score (nSPS) is 14.1. The minimum Gasteiger partial charge on any atom is -0.451 e. The molecule has 2 aromatic rings. The summed E-state index contributed by atoms with van der Waals surface area (Å²) in [6, 6.07) is 2.48. The Hall–Kier alpha value is -2.00. The highest BCUT2D eigenvalue weighted by Crippen LogP contribution is 2.33. The van der Waals surface area contributed by atoms with Gasteiger partial charge in [0.05, 0.1) is 6.54 Å². The summed E-state index contributed by atoms with van der Waals surface area (Å²) in [4.78, 5) is 12.4. The van der Waals surface area contributed by atoms with Crippen molar-refractivity contribution in [3.05, 3.63) is 23.7 Å². The lowest BCUT2D eigenvalue weighted by Crippen LogP contribution is -2.36. The van der Waals surface area contributed by atoms with Crippen molar-refractivity contribution in [1.29, 1.82) is 0 Å². The van der Waals surface area contributed by atoms with Gasteiger partial charge in [0, 0.05) is 27.2 Å². The third-order valence-electron chi connectivity index (χ3n) is 3.43. The molecular formula is C13H16ClF2N5O2. The van der Waals surface area contributed by atoms with E-state index < -0.39 is 17.6 Å². The molecule has 10 heteroatoms. The van der Waals surface area contributed by atoms with Gasteiger partial charge in [-0.2, -0.15) is 8.78 Å². The molecule has 0 fully saturated rings. The summed E-state index contributed by atoms with van der Waals surface area (Å²) in [5.41, 5.74) is 0. The average Bonchev–Trinajstić information content (AvgIpc) is 3.12. The lowest BCUT2D eigenvalue weighted by Gasteiger charge is -2.18. The third kappa shape index (κ3) is 2.93. The molecule has 23 heavy (non-hydrogen) atoms. The molecule has 0 saturated carbocycles. The van der Waals surface area contributed by atoms with Gasteiger partial charge < -0.3 is 19.2 Å². The van der Waals surface area contributed by atoms with Crippen LogP contribution in [0.25, 0.3) is 11.6 Å². The van der Waals surface area contributed by atoms with Gasteiger partial charge in [-0.15, -0.1) is 22.6 Å². The summed E-state index contributed by atoms with van der Waals surface area (Å²) < 4.78 is 35.1. The first kappa shape index (κ1) is 17.4. The lowest BCUT2D eigenvalue weighted by atomic mass is 10.2. The summed E-state index contributed by atoms with van der Waals surface area (Å²) in [7, 11) is 2.53. The molecule has 0 aliphatic carbocycles. The Bertz CT molecular complexity index is 713. The number of amides is 1. The van der Waals surface area contributed by atoms with E-state index in [1.165, 1.54) is 20.2 Å². The number of halogens is 3. The summed E-state index contributed by atoms with van der Waals surface area (Å²) >= 11 is 0. The van der Waals surface area contributed by atoms with Gasteiger partial charge in [-0.3, -0.25) is 4.79 Å². The maximum absolute atomic E-state index is 14.1. The molecule has 0 saturated heterocycles. The van der Waals surface area contributed by atoms with E-state index >= 15 is 0 Å². The van der Waals surface area contributed by atoms with Crippen molar-refractivity contribution in [3.8, 4) is 11.6 Å². The number of furan rings is 1. The van der Waals surface area contributed by atoms with Crippen molar-refractivity contribution in [3.63, 3.8) is 0 Å². The predicted octanol–water partition coefficient (Wildman–Crippen LogP) is 1.24. The molecule has 1 amide bonds. The Kier molecular flexibility index (Phi) is 4.71. The fourth-order valence-corrected chi connectivity index (χ4v) is 2.29. The number of carbonyl (C=O) groups is 1. The molecule has 0 spiro atoms. The Morgan fingerprint density at radius 2 is 2.13 bits per heavy atom. The largest absolute Gasteiger partial charge is 0.451 e. The number of carbonyl (C=O) groups excluding carboxylic acids is 1. The van der Waals surface area contributed by atoms with Crippen molar-refractivity contribution in [2.75, 3.05) is 20.6 Å². The molecular weight excluding hydrogens is 332 g/mol. The minimum atomic E-state index is -3.71. The molecule has 3 rings (SSSR count). The van der Waals surface area contributed by atoms with Crippen LogP contribution in [-0.4, -0.2) is 46.2 Å². The number of aromatic nitrogens is 3. The van der Waals surface area contributed by atoms with Crippen molar-refractivity contribution < 1.29 is 18.0 Å². The van der Waals surface area contributed by atoms with E-state index in [2.05, 4.69) is 15.5 Å². The highest BCUT2D eigenvalue weighted by molar-refractivity contribution is 5.85. The van der Waals surface area contributed by atoms with Crippen LogP contribution in [0.3, 0.4) is 0 Å². The Morgan fingerprint density at radius 3 is 2.83 bits per heavy atom. The van der Waals surface area contributed by atoms with Crippen molar-refractivity contribution in [2.45, 2.75) is 19.0 Å². The van der Waals surface area contributed by atoms with Crippen molar-refractivity contribution in [2.24, 2.45) is 0 Å². The monoisotopic (exact) mass is 347 g/mol. The summed E-state index contributed by atoms with van der Waals surface area (Å²) in [6.07, 6.45) is 0. The molecule has 126 valence electrons. The topological polar surface area (TPSA) is 76.2 Å². The molecule has 0 bridgehead atoms. The van der Waals surface area contributed by atoms with Crippen LogP contribution in [0, 0.1) is 0 Å². The van der Waals surface area contributed by atoms with E-state index in [1.807, 2.05) is 4.57 Å². The second-order valence-electron chi connectivity index (χ2n) is 5.21. The van der Waals surface area contributed by atoms with E-state index in [-0.39, 0.29) is 18.2 Å². The van der Waals surface area contributed by atoms with Crippen LogP contribution in [0.15, 0.2) is 16.5 Å². The van der Waals surface area contributed by atoms with Gasteiger partial charge in [-0.25, -0.2) is 0 Å². The van der Waals surface area contributed by atoms with Crippen LogP contribution < -0.4 is 5.32 Å². The Balaban J connectivity index is 0.00000192. The molecule has 2 aromatic heterocycles. The molecule has 7 nitrogen and oxygen atoms in total. The van der Waals surface area contributed by atoms with Gasteiger partial charge in [0.15, 0.2) is 17.3 Å². The van der Waals surface area contributed by atoms with Crippen LogP contribution in [-0.2, 0) is 23.8 Å². The first-order chi connectivity index (χ1) is 10.4. The first-order valence-corrected chi connectivity index (χ1v) is 6.74.